The molecule has 2 aromatic rings. The van der Waals surface area contributed by atoms with Crippen molar-refractivity contribution < 1.29 is 4.52 Å². The number of nitrogen functional groups attached to an aromatic ring is 1. The van der Waals surface area contributed by atoms with Gasteiger partial charge in [-0.15, -0.1) is 0 Å². The van der Waals surface area contributed by atoms with Crippen LogP contribution in [-0.2, 0) is 6.42 Å². The van der Waals surface area contributed by atoms with Gasteiger partial charge in [0, 0.05) is 0 Å². The summed E-state index contributed by atoms with van der Waals surface area (Å²) in [5.41, 5.74) is 7.71. The van der Waals surface area contributed by atoms with E-state index in [1.807, 2.05) is 6.07 Å². The molecule has 0 radical (unpaired) electrons. The first-order valence-corrected chi connectivity index (χ1v) is 4.80. The van der Waals surface area contributed by atoms with E-state index in [0.717, 1.165) is 17.4 Å². The van der Waals surface area contributed by atoms with Gasteiger partial charge in [-0.1, -0.05) is 25.1 Å². The summed E-state index contributed by atoms with van der Waals surface area (Å²) in [4.78, 5) is 0. The number of nitrogens with zero attached hydrogens (tertiary/aromatic N) is 1. The Morgan fingerprint density at radius 3 is 2.93 bits per heavy atom. The first-order chi connectivity index (χ1) is 6.66. The molecule has 0 amide bonds. The Morgan fingerprint density at radius 1 is 1.43 bits per heavy atom. The molecular weight excluding hydrogens is 176 g/mol. The van der Waals surface area contributed by atoms with Crippen molar-refractivity contribution in [1.82, 2.24) is 5.16 Å². The molecule has 0 aliphatic rings. The van der Waals surface area contributed by atoms with Crippen LogP contribution in [0.15, 0.2) is 22.7 Å². The normalized spacial score (nSPS) is 11.4. The molecule has 1 aromatic carbocycles. The molecule has 0 fully saturated rings. The molecule has 14 heavy (non-hydrogen) atoms. The summed E-state index contributed by atoms with van der Waals surface area (Å²) in [5, 5.41) is 4.64. The van der Waals surface area contributed by atoms with E-state index in [1.54, 1.807) is 0 Å². The summed E-state index contributed by atoms with van der Waals surface area (Å²) >= 11 is 0. The Bertz CT molecular complexity index is 445. The summed E-state index contributed by atoms with van der Waals surface area (Å²) in [6.45, 7) is 4.39. The van der Waals surface area contributed by atoms with Crippen molar-refractivity contribution in [2.24, 2.45) is 5.92 Å². The maximum atomic E-state index is 5.67. The van der Waals surface area contributed by atoms with Crippen LogP contribution < -0.4 is 5.73 Å². The lowest BCUT2D eigenvalue weighted by Crippen LogP contribution is -1.93. The van der Waals surface area contributed by atoms with Gasteiger partial charge in [0.2, 0.25) is 0 Å². The van der Waals surface area contributed by atoms with E-state index in [-0.39, 0.29) is 0 Å². The highest BCUT2D eigenvalue weighted by Gasteiger charge is 2.06. The fourth-order valence-corrected chi connectivity index (χ4v) is 1.60. The quantitative estimate of drug-likeness (QED) is 0.791. The summed E-state index contributed by atoms with van der Waals surface area (Å²) in [5.74, 6) is 1.12. The van der Waals surface area contributed by atoms with E-state index in [9.17, 15) is 0 Å². The molecule has 0 atom stereocenters. The maximum absolute atomic E-state index is 5.67. The molecule has 74 valence electrons. The highest BCUT2D eigenvalue weighted by Crippen LogP contribution is 2.22. The van der Waals surface area contributed by atoms with Crippen molar-refractivity contribution in [2.45, 2.75) is 20.3 Å². The molecule has 0 unspecified atom stereocenters. The van der Waals surface area contributed by atoms with Gasteiger partial charge < -0.3 is 10.3 Å². The molecule has 0 saturated heterocycles. The van der Waals surface area contributed by atoms with Gasteiger partial charge in [-0.3, -0.25) is 0 Å². The number of anilines is 1. The third-order valence-electron chi connectivity index (χ3n) is 2.21. The lowest BCUT2D eigenvalue weighted by molar-refractivity contribution is 0.460. The average molecular weight is 190 g/mol. The molecular formula is C11H14N2O. The van der Waals surface area contributed by atoms with E-state index in [4.69, 9.17) is 10.3 Å². The largest absolute Gasteiger partial charge is 0.380 e. The lowest BCUT2D eigenvalue weighted by Gasteiger charge is -2.03. The SMILES string of the molecule is CC(C)Cc1ccc2onc(N)c2c1. The van der Waals surface area contributed by atoms with Crippen molar-refractivity contribution in [3.05, 3.63) is 23.8 Å². The predicted molar refractivity (Wildman–Crippen MR) is 57.0 cm³/mol. The molecule has 0 spiro atoms. The number of hydrogen-bond acceptors (Lipinski definition) is 3. The number of fused-ring (bicyclic) bond motifs is 1. The van der Waals surface area contributed by atoms with Gasteiger partial charge in [0.05, 0.1) is 5.39 Å². The maximum Gasteiger partial charge on any atom is 0.174 e. The van der Waals surface area contributed by atoms with E-state index in [1.165, 1.54) is 5.56 Å². The van der Waals surface area contributed by atoms with E-state index >= 15 is 0 Å². The predicted octanol–water partition coefficient (Wildman–Crippen LogP) is 2.61. The smallest absolute Gasteiger partial charge is 0.174 e. The van der Waals surface area contributed by atoms with Gasteiger partial charge in [-0.05, 0) is 30.0 Å². The second-order valence-corrected chi connectivity index (χ2v) is 4.00. The topological polar surface area (TPSA) is 52.0 Å². The minimum absolute atomic E-state index is 0.477. The van der Waals surface area contributed by atoms with Crippen LogP contribution in [0.25, 0.3) is 11.0 Å². The minimum atomic E-state index is 0.477. The number of benzene rings is 1. The zero-order valence-corrected chi connectivity index (χ0v) is 8.45. The third-order valence-corrected chi connectivity index (χ3v) is 2.21. The van der Waals surface area contributed by atoms with E-state index < -0.39 is 0 Å². The second-order valence-electron chi connectivity index (χ2n) is 4.00. The van der Waals surface area contributed by atoms with Gasteiger partial charge in [-0.2, -0.15) is 0 Å². The van der Waals surface area contributed by atoms with Crippen molar-refractivity contribution in [1.29, 1.82) is 0 Å². The number of hydrogen-bond donors (Lipinski definition) is 1. The minimum Gasteiger partial charge on any atom is -0.380 e. The standard InChI is InChI=1S/C11H14N2O/c1-7(2)5-8-3-4-10-9(6-8)11(12)13-14-10/h3-4,6-7H,5H2,1-2H3,(H2,12,13). The molecule has 1 aromatic heterocycles. The van der Waals surface area contributed by atoms with Crippen LogP contribution in [0.5, 0.6) is 0 Å². The van der Waals surface area contributed by atoms with Crippen LogP contribution in [0, 0.1) is 5.92 Å². The molecule has 3 nitrogen and oxygen atoms in total. The Kier molecular flexibility index (Phi) is 2.15. The Hall–Kier alpha value is -1.51. The molecule has 2 N–H and O–H groups in total. The zero-order valence-electron chi connectivity index (χ0n) is 8.45. The van der Waals surface area contributed by atoms with Gasteiger partial charge in [0.1, 0.15) is 0 Å². The molecule has 2 rings (SSSR count). The van der Waals surface area contributed by atoms with E-state index in [2.05, 4.69) is 31.1 Å². The monoisotopic (exact) mass is 190 g/mol. The zero-order chi connectivity index (χ0) is 10.1. The fourth-order valence-electron chi connectivity index (χ4n) is 1.60. The Balaban J connectivity index is 2.44. The van der Waals surface area contributed by atoms with Crippen LogP contribution in [-0.4, -0.2) is 5.16 Å². The van der Waals surface area contributed by atoms with Crippen LogP contribution in [0.4, 0.5) is 5.82 Å². The Labute approximate surface area is 82.9 Å². The van der Waals surface area contributed by atoms with Crippen molar-refractivity contribution in [2.75, 3.05) is 5.73 Å². The number of aromatic nitrogens is 1. The molecule has 0 aliphatic carbocycles. The summed E-state index contributed by atoms with van der Waals surface area (Å²) in [6, 6.07) is 6.05. The van der Waals surface area contributed by atoms with Crippen LogP contribution >= 0.6 is 0 Å². The van der Waals surface area contributed by atoms with Crippen molar-refractivity contribution >= 4 is 16.8 Å². The first-order valence-electron chi connectivity index (χ1n) is 4.80. The first kappa shape index (κ1) is 9.06. The van der Waals surface area contributed by atoms with Crippen LogP contribution in [0.1, 0.15) is 19.4 Å². The molecule has 0 aliphatic heterocycles. The van der Waals surface area contributed by atoms with Crippen LogP contribution in [0.2, 0.25) is 0 Å². The summed E-state index contributed by atoms with van der Waals surface area (Å²) < 4.78 is 5.03. The highest BCUT2D eigenvalue weighted by molar-refractivity contribution is 5.87. The Morgan fingerprint density at radius 2 is 2.21 bits per heavy atom. The summed E-state index contributed by atoms with van der Waals surface area (Å²) in [7, 11) is 0. The number of nitrogens with two attached hydrogens (primary N) is 1. The van der Waals surface area contributed by atoms with Gasteiger partial charge in [-0.25, -0.2) is 0 Å². The molecule has 1 heterocycles. The summed E-state index contributed by atoms with van der Waals surface area (Å²) in [6.07, 6.45) is 1.06. The van der Waals surface area contributed by atoms with Gasteiger partial charge in [0.25, 0.3) is 0 Å². The van der Waals surface area contributed by atoms with Crippen molar-refractivity contribution in [3.8, 4) is 0 Å². The highest BCUT2D eigenvalue weighted by atomic mass is 16.5. The molecule has 0 saturated carbocycles. The fraction of sp³-hybridized carbons (Fsp3) is 0.364. The van der Waals surface area contributed by atoms with Gasteiger partial charge in [0.15, 0.2) is 11.4 Å². The average Bonchev–Trinajstić information content (AvgIpc) is 2.47. The van der Waals surface area contributed by atoms with E-state index in [0.29, 0.717) is 11.7 Å². The number of rotatable bonds is 2. The molecule has 0 bridgehead atoms. The van der Waals surface area contributed by atoms with Crippen LogP contribution in [0.3, 0.4) is 0 Å². The lowest BCUT2D eigenvalue weighted by atomic mass is 10.0. The van der Waals surface area contributed by atoms with Gasteiger partial charge >= 0.3 is 0 Å². The van der Waals surface area contributed by atoms with Crippen molar-refractivity contribution in [3.63, 3.8) is 0 Å². The molecule has 3 heteroatoms. The second kappa shape index (κ2) is 3.33. The third kappa shape index (κ3) is 1.58.